The molecule has 0 fully saturated rings. The fraction of sp³-hybridized carbons (Fsp3) is 0.158. The molecule has 0 aliphatic carbocycles. The SMILES string of the molecule is C=C(N[C@H](C)c1ncc(C(=O)Nc2cc(C(F)(F)F)c(Cl)cn2)s1)c1ncnc2[nH]ncc12. The summed E-state index contributed by atoms with van der Waals surface area (Å²) < 4.78 is 39.0. The first kappa shape index (κ1) is 22.6. The average Bonchev–Trinajstić information content (AvgIpc) is 3.43. The maximum atomic E-state index is 13.0. The number of nitrogens with zero attached hydrogens (tertiary/aromatic N) is 5. The van der Waals surface area contributed by atoms with Crippen LogP contribution in [0.3, 0.4) is 0 Å². The van der Waals surface area contributed by atoms with Crippen LogP contribution in [0.1, 0.15) is 38.9 Å². The number of aromatic amines is 1. The van der Waals surface area contributed by atoms with Crippen LogP contribution in [0.15, 0.2) is 37.6 Å². The first-order valence-corrected chi connectivity index (χ1v) is 10.4. The molecule has 0 radical (unpaired) electrons. The van der Waals surface area contributed by atoms with Crippen LogP contribution < -0.4 is 10.6 Å². The molecular weight excluding hydrogens is 481 g/mol. The molecule has 33 heavy (non-hydrogen) atoms. The van der Waals surface area contributed by atoms with E-state index in [0.717, 1.165) is 17.5 Å². The number of carbonyl (C=O) groups is 1. The predicted molar refractivity (Wildman–Crippen MR) is 117 cm³/mol. The largest absolute Gasteiger partial charge is 0.418 e. The number of alkyl halides is 3. The maximum absolute atomic E-state index is 13.0. The molecule has 4 rings (SSSR count). The molecule has 170 valence electrons. The van der Waals surface area contributed by atoms with Gasteiger partial charge in [-0.05, 0) is 13.0 Å². The van der Waals surface area contributed by atoms with Gasteiger partial charge < -0.3 is 10.6 Å². The molecule has 0 unspecified atom stereocenters. The van der Waals surface area contributed by atoms with E-state index in [1.807, 2.05) is 6.92 Å². The van der Waals surface area contributed by atoms with E-state index < -0.39 is 22.7 Å². The van der Waals surface area contributed by atoms with Gasteiger partial charge in [0.1, 0.15) is 22.0 Å². The number of fused-ring (bicyclic) bond motifs is 1. The summed E-state index contributed by atoms with van der Waals surface area (Å²) in [5.41, 5.74) is 0.535. The average molecular weight is 495 g/mol. The molecule has 0 spiro atoms. The molecule has 0 aromatic carbocycles. The zero-order valence-corrected chi connectivity index (χ0v) is 18.3. The van der Waals surface area contributed by atoms with Crippen molar-refractivity contribution in [3.05, 3.63) is 63.7 Å². The normalized spacial score (nSPS) is 12.5. The first-order valence-electron chi connectivity index (χ1n) is 9.23. The molecule has 1 amide bonds. The fourth-order valence-corrected chi connectivity index (χ4v) is 3.92. The Morgan fingerprint density at radius 2 is 2.00 bits per heavy atom. The Kier molecular flexibility index (Phi) is 5.99. The highest BCUT2D eigenvalue weighted by atomic mass is 35.5. The molecule has 4 heterocycles. The van der Waals surface area contributed by atoms with Gasteiger partial charge >= 0.3 is 6.18 Å². The molecule has 0 aliphatic heterocycles. The summed E-state index contributed by atoms with van der Waals surface area (Å²) in [5, 5.41) is 12.9. The Hall–Kier alpha value is -3.58. The van der Waals surface area contributed by atoms with E-state index in [1.54, 1.807) is 6.20 Å². The van der Waals surface area contributed by atoms with E-state index in [0.29, 0.717) is 33.5 Å². The second kappa shape index (κ2) is 8.75. The molecule has 1 atom stereocenters. The van der Waals surface area contributed by atoms with Gasteiger partial charge in [0.05, 0.1) is 45.8 Å². The summed E-state index contributed by atoms with van der Waals surface area (Å²) in [6.45, 7) is 5.81. The molecule has 9 nitrogen and oxygen atoms in total. The third-order valence-corrected chi connectivity index (χ3v) is 5.92. The Bertz CT molecular complexity index is 1350. The second-order valence-corrected chi connectivity index (χ2v) is 8.23. The van der Waals surface area contributed by atoms with Crippen LogP contribution in [0.4, 0.5) is 19.0 Å². The molecule has 14 heteroatoms. The zero-order valence-electron chi connectivity index (χ0n) is 16.7. The number of pyridine rings is 1. The number of H-pyrrole nitrogens is 1. The van der Waals surface area contributed by atoms with E-state index >= 15 is 0 Å². The molecule has 3 N–H and O–H groups in total. The van der Waals surface area contributed by atoms with E-state index in [2.05, 4.69) is 47.3 Å². The number of rotatable bonds is 6. The van der Waals surface area contributed by atoms with Gasteiger partial charge in [0.15, 0.2) is 5.65 Å². The topological polar surface area (TPSA) is 121 Å². The summed E-state index contributed by atoms with van der Waals surface area (Å²) in [6, 6.07) is 0.334. The minimum Gasteiger partial charge on any atom is -0.375 e. The molecule has 0 saturated carbocycles. The summed E-state index contributed by atoms with van der Waals surface area (Å²) in [7, 11) is 0. The lowest BCUT2D eigenvalue weighted by atomic mass is 10.2. The predicted octanol–water partition coefficient (Wildman–Crippen LogP) is 4.45. The minimum absolute atomic E-state index is 0.189. The summed E-state index contributed by atoms with van der Waals surface area (Å²) >= 11 is 6.62. The Morgan fingerprint density at radius 3 is 2.76 bits per heavy atom. The van der Waals surface area contributed by atoms with Crippen LogP contribution in [0, 0.1) is 0 Å². The minimum atomic E-state index is -4.67. The molecule has 0 aliphatic rings. The number of nitrogens with one attached hydrogen (secondary N) is 3. The summed E-state index contributed by atoms with van der Waals surface area (Å²) in [4.78, 5) is 28.9. The van der Waals surface area contributed by atoms with Crippen LogP contribution in [0.5, 0.6) is 0 Å². The number of thiazole rings is 1. The van der Waals surface area contributed by atoms with Crippen molar-refractivity contribution in [2.45, 2.75) is 19.1 Å². The van der Waals surface area contributed by atoms with Gasteiger partial charge in [0.25, 0.3) is 5.91 Å². The first-order chi connectivity index (χ1) is 15.6. The van der Waals surface area contributed by atoms with Crippen LogP contribution in [0.2, 0.25) is 5.02 Å². The number of halogens is 4. The highest BCUT2D eigenvalue weighted by Crippen LogP contribution is 2.35. The van der Waals surface area contributed by atoms with Crippen LogP contribution in [-0.2, 0) is 6.18 Å². The number of hydrogen-bond acceptors (Lipinski definition) is 8. The van der Waals surface area contributed by atoms with Gasteiger partial charge in [-0.3, -0.25) is 9.89 Å². The Balaban J connectivity index is 1.46. The van der Waals surface area contributed by atoms with Crippen LogP contribution in [0.25, 0.3) is 16.7 Å². The number of aromatic nitrogens is 6. The maximum Gasteiger partial charge on any atom is 0.418 e. The van der Waals surface area contributed by atoms with Crippen molar-refractivity contribution >= 4 is 51.4 Å². The van der Waals surface area contributed by atoms with Gasteiger partial charge in [0, 0.05) is 6.20 Å². The number of anilines is 1. The summed E-state index contributed by atoms with van der Waals surface area (Å²) in [6.07, 6.45) is 0.458. The van der Waals surface area contributed by atoms with Gasteiger partial charge in [0.2, 0.25) is 0 Å². The molecule has 4 aromatic rings. The van der Waals surface area contributed by atoms with Crippen LogP contribution in [-0.4, -0.2) is 36.0 Å². The third-order valence-electron chi connectivity index (χ3n) is 4.44. The molecular formula is C19H14ClF3N8OS. The van der Waals surface area contributed by atoms with Crippen LogP contribution >= 0.6 is 22.9 Å². The zero-order chi connectivity index (χ0) is 23.8. The fourth-order valence-electron chi connectivity index (χ4n) is 2.89. The molecule has 0 saturated heterocycles. The summed E-state index contributed by atoms with van der Waals surface area (Å²) in [5.74, 6) is -0.928. The number of hydrogen-bond donors (Lipinski definition) is 3. The lowest BCUT2D eigenvalue weighted by Gasteiger charge is -2.14. The molecule has 0 bridgehead atoms. The molecule has 4 aromatic heterocycles. The number of carbonyl (C=O) groups excluding carboxylic acids is 1. The van der Waals surface area contributed by atoms with Gasteiger partial charge in [-0.1, -0.05) is 18.2 Å². The number of amides is 1. The standard InChI is InChI=1S/C19H14ClF3N8OS/c1-8(15-10-4-28-31-16(10)27-7-26-15)29-9(2)18-25-6-13(33-18)17(32)30-14-3-11(19(21,22)23)12(20)5-24-14/h3-7,9,29H,1H2,2H3,(H,24,30,32)(H,26,27,28,31)/t9-/m1/s1. The van der Waals surface area contributed by atoms with Crippen molar-refractivity contribution in [2.75, 3.05) is 5.32 Å². The van der Waals surface area contributed by atoms with E-state index in [4.69, 9.17) is 11.6 Å². The van der Waals surface area contributed by atoms with Gasteiger partial charge in [-0.2, -0.15) is 18.3 Å². The van der Waals surface area contributed by atoms with Crippen molar-refractivity contribution in [3.63, 3.8) is 0 Å². The quantitative estimate of drug-likeness (QED) is 0.362. The van der Waals surface area contributed by atoms with E-state index in [1.165, 1.54) is 12.5 Å². The Morgan fingerprint density at radius 1 is 1.21 bits per heavy atom. The van der Waals surface area contributed by atoms with E-state index in [9.17, 15) is 18.0 Å². The third kappa shape index (κ3) is 4.78. The van der Waals surface area contributed by atoms with Gasteiger partial charge in [-0.25, -0.2) is 19.9 Å². The van der Waals surface area contributed by atoms with Crippen molar-refractivity contribution in [1.82, 2.24) is 35.5 Å². The lowest BCUT2D eigenvalue weighted by molar-refractivity contribution is -0.137. The highest BCUT2D eigenvalue weighted by molar-refractivity contribution is 7.13. The highest BCUT2D eigenvalue weighted by Gasteiger charge is 2.34. The van der Waals surface area contributed by atoms with Crippen molar-refractivity contribution in [1.29, 1.82) is 0 Å². The smallest absolute Gasteiger partial charge is 0.375 e. The van der Waals surface area contributed by atoms with Gasteiger partial charge in [-0.15, -0.1) is 11.3 Å². The van der Waals surface area contributed by atoms with E-state index in [-0.39, 0.29) is 16.7 Å². The van der Waals surface area contributed by atoms with Crippen molar-refractivity contribution in [3.8, 4) is 0 Å². The monoisotopic (exact) mass is 494 g/mol. The Labute approximate surface area is 193 Å². The lowest BCUT2D eigenvalue weighted by Crippen LogP contribution is -2.17. The second-order valence-electron chi connectivity index (χ2n) is 6.76. The van der Waals surface area contributed by atoms with Crippen molar-refractivity contribution < 1.29 is 18.0 Å². The van der Waals surface area contributed by atoms with Crippen molar-refractivity contribution in [2.24, 2.45) is 0 Å².